The number of halogens is 1. The van der Waals surface area contributed by atoms with Crippen molar-refractivity contribution in [3.63, 3.8) is 0 Å². The molecule has 60 heavy (non-hydrogen) atoms. The minimum Gasteiger partial charge on any atom is -0.455 e. The summed E-state index contributed by atoms with van der Waals surface area (Å²) >= 11 is 6.18. The van der Waals surface area contributed by atoms with E-state index in [2.05, 4.69) is 36.6 Å². The summed E-state index contributed by atoms with van der Waals surface area (Å²) in [6.07, 6.45) is 8.02. The van der Waals surface area contributed by atoms with E-state index in [-0.39, 0.29) is 16.2 Å². The van der Waals surface area contributed by atoms with Gasteiger partial charge in [0.1, 0.15) is 17.1 Å². The largest absolute Gasteiger partial charge is 0.455 e. The Hall–Kier alpha value is -4.64. The highest BCUT2D eigenvalue weighted by Crippen LogP contribution is 2.35. The monoisotopic (exact) mass is 857 g/mol. The van der Waals surface area contributed by atoms with Gasteiger partial charge < -0.3 is 14.6 Å². The predicted octanol–water partition coefficient (Wildman–Crippen LogP) is 12.6. The summed E-state index contributed by atoms with van der Waals surface area (Å²) in [6.45, 7) is 27.7. The number of amides is 1. The molecule has 0 spiro atoms. The summed E-state index contributed by atoms with van der Waals surface area (Å²) in [5, 5.41) is 1.61. The number of hydrogen-bond donors (Lipinski definition) is 2. The van der Waals surface area contributed by atoms with Gasteiger partial charge in [0.05, 0.1) is 16.7 Å². The van der Waals surface area contributed by atoms with E-state index in [4.69, 9.17) is 16.3 Å². The van der Waals surface area contributed by atoms with Gasteiger partial charge in [-0.05, 0) is 123 Å². The van der Waals surface area contributed by atoms with Gasteiger partial charge >= 0.3 is 0 Å². The first-order valence-corrected chi connectivity index (χ1v) is 23.7. The Labute approximate surface area is 365 Å². The molecule has 0 bridgehead atoms. The molecule has 7 rings (SSSR count). The number of pyridine rings is 1. The molecule has 2 N–H and O–H groups in total. The second-order valence-electron chi connectivity index (χ2n) is 14.0. The highest BCUT2D eigenvalue weighted by atomic mass is 35.5. The van der Waals surface area contributed by atoms with Gasteiger partial charge in [-0.15, -0.1) is 0 Å². The number of ether oxygens (including phenoxy) is 1. The summed E-state index contributed by atoms with van der Waals surface area (Å²) in [5.41, 5.74) is 9.03. The third-order valence-electron chi connectivity index (χ3n) is 10.5. The molecule has 3 aromatic carbocycles. The van der Waals surface area contributed by atoms with Crippen molar-refractivity contribution in [1.82, 2.24) is 19.6 Å². The molecule has 0 saturated carbocycles. The van der Waals surface area contributed by atoms with Crippen LogP contribution in [0.4, 0.5) is 5.69 Å². The lowest BCUT2D eigenvalue weighted by atomic mass is 9.87. The van der Waals surface area contributed by atoms with Crippen molar-refractivity contribution in [3.8, 4) is 11.5 Å². The third-order valence-corrected chi connectivity index (χ3v) is 12.4. The van der Waals surface area contributed by atoms with Gasteiger partial charge in [-0.1, -0.05) is 90.8 Å². The van der Waals surface area contributed by atoms with Gasteiger partial charge in [0, 0.05) is 61.1 Å². The Balaban J connectivity index is 0.00000113. The van der Waals surface area contributed by atoms with Crippen molar-refractivity contribution in [3.05, 3.63) is 117 Å². The Morgan fingerprint density at radius 1 is 0.800 bits per heavy atom. The minimum absolute atomic E-state index is 0.109. The Morgan fingerprint density at radius 2 is 1.45 bits per heavy atom. The van der Waals surface area contributed by atoms with E-state index in [0.29, 0.717) is 22.5 Å². The quantitative estimate of drug-likeness (QED) is 0.152. The second-order valence-corrected chi connectivity index (χ2v) is 16.0. The number of allylic oxidation sites excluding steroid dienone is 1. The first-order chi connectivity index (χ1) is 29.0. The Morgan fingerprint density at radius 3 is 2.12 bits per heavy atom. The molecule has 1 fully saturated rings. The zero-order valence-electron chi connectivity index (χ0n) is 38.1. The van der Waals surface area contributed by atoms with Crippen LogP contribution in [0.5, 0.6) is 11.5 Å². The number of benzene rings is 3. The number of H-pyrrole nitrogens is 1. The van der Waals surface area contributed by atoms with Crippen LogP contribution in [0.15, 0.2) is 83.5 Å². The molecule has 9 nitrogen and oxygen atoms in total. The lowest BCUT2D eigenvalue weighted by Gasteiger charge is -2.37. The zero-order chi connectivity index (χ0) is 44.6. The van der Waals surface area contributed by atoms with Gasteiger partial charge in [-0.3, -0.25) is 9.69 Å². The van der Waals surface area contributed by atoms with Crippen LogP contribution in [-0.4, -0.2) is 61.9 Å². The number of carbonyl (C=O) groups excluding carboxylic acids is 1. The third kappa shape index (κ3) is 12.2. The maximum Gasteiger partial charge on any atom is 0.268 e. The molecule has 1 saturated heterocycles. The lowest BCUT2D eigenvalue weighted by Crippen LogP contribution is -2.47. The summed E-state index contributed by atoms with van der Waals surface area (Å²) in [5.74, 6) is -0.0850. The number of aryl methyl sites for hydroxylation is 2. The standard InChI is InChI=1S/C41H44ClN5O4S.4C2H6/c1-26-21-27(2)39(29(4)28(26)3)52(49,50)45-41(48)37-14-13-34(23-38(37)51-35-22-31-15-16-43-40(31)44-24-35)47-19-17-46(18-20-47)25-32-7-5-6-8-36(32)30-9-11-33(42)12-10-30;4*1-2/h9-16,21-24H,5-8,17-20,25H2,1-4H3,(H,43,44)(H,45,48);4*1-2H3. The van der Waals surface area contributed by atoms with Crippen molar-refractivity contribution < 1.29 is 17.9 Å². The van der Waals surface area contributed by atoms with Crippen molar-refractivity contribution in [2.24, 2.45) is 0 Å². The van der Waals surface area contributed by atoms with Crippen LogP contribution < -0.4 is 14.4 Å². The molecule has 5 aromatic rings. The number of piperazine rings is 1. The van der Waals surface area contributed by atoms with Crippen LogP contribution >= 0.6 is 11.6 Å². The van der Waals surface area contributed by atoms with Crippen molar-refractivity contribution in [1.29, 1.82) is 0 Å². The lowest BCUT2D eigenvalue weighted by molar-refractivity contribution is 0.0979. The Kier molecular flexibility index (Phi) is 19.9. The van der Waals surface area contributed by atoms with Gasteiger partial charge in [-0.25, -0.2) is 18.1 Å². The normalized spacial score (nSPS) is 14.0. The molecule has 1 aliphatic heterocycles. The molecule has 11 heteroatoms. The molecule has 0 radical (unpaired) electrons. The summed E-state index contributed by atoms with van der Waals surface area (Å²) < 4.78 is 36.1. The smallest absolute Gasteiger partial charge is 0.268 e. The van der Waals surface area contributed by atoms with Crippen LogP contribution in [0.25, 0.3) is 16.6 Å². The van der Waals surface area contributed by atoms with Gasteiger partial charge in [0.15, 0.2) is 0 Å². The number of anilines is 1. The topological polar surface area (TPSA) is 108 Å². The fraction of sp³-hybridized carbons (Fsp3) is 0.429. The number of nitrogens with zero attached hydrogens (tertiary/aromatic N) is 3. The molecule has 3 heterocycles. The number of sulfonamides is 1. The van der Waals surface area contributed by atoms with E-state index in [1.807, 2.05) is 112 Å². The van der Waals surface area contributed by atoms with Crippen molar-refractivity contribution >= 4 is 49.8 Å². The molecule has 0 unspecified atom stereocenters. The Bertz CT molecular complexity index is 2290. The summed E-state index contributed by atoms with van der Waals surface area (Å²) in [7, 11) is -4.19. The van der Waals surface area contributed by atoms with Crippen LogP contribution in [0.2, 0.25) is 5.02 Å². The predicted molar refractivity (Wildman–Crippen MR) is 254 cm³/mol. The number of aromatic amines is 1. The number of carbonyl (C=O) groups is 1. The van der Waals surface area contributed by atoms with E-state index >= 15 is 0 Å². The van der Waals surface area contributed by atoms with Gasteiger partial charge in [0.2, 0.25) is 0 Å². The molecular weight excluding hydrogens is 790 g/mol. The van der Waals surface area contributed by atoms with Gasteiger partial charge in [0.25, 0.3) is 15.9 Å². The van der Waals surface area contributed by atoms with Crippen LogP contribution in [-0.2, 0) is 10.0 Å². The molecule has 0 atom stereocenters. The average Bonchev–Trinajstić information content (AvgIpc) is 3.74. The number of hydrogen-bond acceptors (Lipinski definition) is 7. The van der Waals surface area contributed by atoms with Crippen molar-refractivity contribution in [2.75, 3.05) is 37.6 Å². The SMILES string of the molecule is CC.CC.CC.CC.Cc1cc(C)c(S(=O)(=O)NC(=O)c2ccc(N3CCN(CC4=C(c5ccc(Cl)cc5)CCCC4)CC3)cc2Oc2cnc3[nH]ccc3c2)c(C)c1C. The fourth-order valence-corrected chi connectivity index (χ4v) is 9.18. The molecular formula is C49H68ClN5O4S. The van der Waals surface area contributed by atoms with Gasteiger partial charge in [-0.2, -0.15) is 0 Å². The zero-order valence-corrected chi connectivity index (χ0v) is 39.6. The van der Waals surface area contributed by atoms with E-state index in [1.54, 1.807) is 32.3 Å². The van der Waals surface area contributed by atoms with Crippen LogP contribution in [0.3, 0.4) is 0 Å². The highest BCUT2D eigenvalue weighted by molar-refractivity contribution is 7.90. The van der Waals surface area contributed by atoms with E-state index in [1.165, 1.54) is 29.6 Å². The second kappa shape index (κ2) is 24.0. The number of aromatic nitrogens is 2. The first-order valence-electron chi connectivity index (χ1n) is 21.8. The molecule has 326 valence electrons. The summed E-state index contributed by atoms with van der Waals surface area (Å²) in [4.78, 5) is 26.3. The average molecular weight is 859 g/mol. The van der Waals surface area contributed by atoms with E-state index in [9.17, 15) is 13.2 Å². The fourth-order valence-electron chi connectivity index (χ4n) is 7.56. The van der Waals surface area contributed by atoms with E-state index < -0.39 is 15.9 Å². The summed E-state index contributed by atoms with van der Waals surface area (Å²) in [6, 6.07) is 19.1. The van der Waals surface area contributed by atoms with E-state index in [0.717, 1.165) is 72.8 Å². The van der Waals surface area contributed by atoms with Crippen molar-refractivity contribution in [2.45, 2.75) is 114 Å². The number of rotatable bonds is 9. The maximum absolute atomic E-state index is 13.8. The minimum atomic E-state index is -4.19. The molecule has 2 aromatic heterocycles. The first kappa shape index (κ1) is 49.7. The van der Waals surface area contributed by atoms with Crippen LogP contribution in [0, 0.1) is 27.7 Å². The molecule has 1 aliphatic carbocycles. The molecule has 2 aliphatic rings. The molecule has 1 amide bonds. The number of fused-ring (bicyclic) bond motifs is 1. The number of nitrogens with one attached hydrogen (secondary N) is 2. The maximum atomic E-state index is 13.8. The van der Waals surface area contributed by atoms with Crippen LogP contribution in [0.1, 0.15) is 119 Å². The highest BCUT2D eigenvalue weighted by Gasteiger charge is 2.28.